The van der Waals surface area contributed by atoms with E-state index >= 15 is 0 Å². The van der Waals surface area contributed by atoms with Crippen LogP contribution in [0.25, 0.3) is 11.3 Å². The van der Waals surface area contributed by atoms with Crippen LogP contribution in [0.5, 0.6) is 0 Å². The number of aromatic nitrogens is 2. The summed E-state index contributed by atoms with van der Waals surface area (Å²) in [4.78, 5) is 11.0. The first-order valence-electron chi connectivity index (χ1n) is 7.37. The highest BCUT2D eigenvalue weighted by Gasteiger charge is 2.21. The van der Waals surface area contributed by atoms with E-state index in [-0.39, 0.29) is 6.04 Å². The predicted octanol–water partition coefficient (Wildman–Crippen LogP) is 2.35. The maximum absolute atomic E-state index is 11.0. The molecule has 22 heavy (non-hydrogen) atoms. The summed E-state index contributed by atoms with van der Waals surface area (Å²) < 4.78 is 1.81. The number of carboxylic acids is 1. The minimum absolute atomic E-state index is 0.190. The molecule has 0 aliphatic heterocycles. The molecule has 1 atom stereocenters. The zero-order valence-electron chi connectivity index (χ0n) is 12.5. The molecule has 0 amide bonds. The van der Waals surface area contributed by atoms with Gasteiger partial charge in [0, 0.05) is 42.5 Å². The van der Waals surface area contributed by atoms with Crippen molar-refractivity contribution in [3.63, 3.8) is 0 Å². The molecule has 0 saturated heterocycles. The van der Waals surface area contributed by atoms with Gasteiger partial charge in [0.15, 0.2) is 0 Å². The average Bonchev–Trinajstić information content (AvgIpc) is 3.12. The molecule has 1 aliphatic rings. The van der Waals surface area contributed by atoms with Crippen LogP contribution in [0.4, 0.5) is 0 Å². The molecular formula is C17H19N3O2. The molecule has 0 fully saturated rings. The van der Waals surface area contributed by atoms with Gasteiger partial charge in [0.05, 0.1) is 5.69 Å². The standard InChI is InChI=1S/C17H19N3O2/c1-20-11-14(16(19-20)12-5-3-2-4-6-12)10-18-15-8-7-13(9-15)17(21)22/h2-7,11,15,18H,8-10H2,1H3,(H,21,22). The number of aryl methyl sites for hydroxylation is 1. The molecule has 114 valence electrons. The summed E-state index contributed by atoms with van der Waals surface area (Å²) in [5.41, 5.74) is 3.69. The van der Waals surface area contributed by atoms with Gasteiger partial charge in [0.1, 0.15) is 0 Å². The Hall–Kier alpha value is -2.40. The topological polar surface area (TPSA) is 67.2 Å². The van der Waals surface area contributed by atoms with E-state index in [0.29, 0.717) is 18.5 Å². The van der Waals surface area contributed by atoms with Crippen LogP contribution in [0.1, 0.15) is 18.4 Å². The fraction of sp³-hybridized carbons (Fsp3) is 0.294. The van der Waals surface area contributed by atoms with Crippen molar-refractivity contribution in [2.45, 2.75) is 25.4 Å². The van der Waals surface area contributed by atoms with E-state index in [4.69, 9.17) is 5.11 Å². The Labute approximate surface area is 129 Å². The lowest BCUT2D eigenvalue weighted by atomic mass is 10.1. The minimum Gasteiger partial charge on any atom is -0.478 e. The van der Waals surface area contributed by atoms with Crippen LogP contribution in [0.2, 0.25) is 0 Å². The molecule has 1 aromatic heterocycles. The second-order valence-electron chi connectivity index (χ2n) is 5.59. The molecule has 3 rings (SSSR count). The van der Waals surface area contributed by atoms with E-state index in [9.17, 15) is 4.79 Å². The normalized spacial score (nSPS) is 17.5. The first-order chi connectivity index (χ1) is 10.6. The van der Waals surface area contributed by atoms with E-state index in [1.54, 1.807) is 6.08 Å². The van der Waals surface area contributed by atoms with E-state index < -0.39 is 5.97 Å². The summed E-state index contributed by atoms with van der Waals surface area (Å²) in [6.07, 6.45) is 5.16. The molecule has 5 nitrogen and oxygen atoms in total. The second kappa shape index (κ2) is 6.15. The number of aliphatic carboxylic acids is 1. The number of hydrogen-bond donors (Lipinski definition) is 2. The van der Waals surface area contributed by atoms with Crippen molar-refractivity contribution in [1.82, 2.24) is 15.1 Å². The van der Waals surface area contributed by atoms with Crippen molar-refractivity contribution in [1.29, 1.82) is 0 Å². The molecule has 1 aromatic carbocycles. The van der Waals surface area contributed by atoms with Gasteiger partial charge in [0.2, 0.25) is 0 Å². The average molecular weight is 297 g/mol. The van der Waals surface area contributed by atoms with Gasteiger partial charge in [-0.3, -0.25) is 4.68 Å². The number of nitrogens with zero attached hydrogens (tertiary/aromatic N) is 2. The van der Waals surface area contributed by atoms with Gasteiger partial charge >= 0.3 is 5.97 Å². The summed E-state index contributed by atoms with van der Waals surface area (Å²) in [7, 11) is 1.91. The van der Waals surface area contributed by atoms with Crippen LogP contribution in [0, 0.1) is 0 Å². The van der Waals surface area contributed by atoms with Crippen LogP contribution in [-0.2, 0) is 18.4 Å². The quantitative estimate of drug-likeness (QED) is 0.889. The Kier molecular flexibility index (Phi) is 4.06. The van der Waals surface area contributed by atoms with E-state index in [1.165, 1.54) is 0 Å². The van der Waals surface area contributed by atoms with Crippen molar-refractivity contribution in [3.8, 4) is 11.3 Å². The number of nitrogens with one attached hydrogen (secondary N) is 1. The zero-order valence-corrected chi connectivity index (χ0v) is 12.5. The highest BCUT2D eigenvalue weighted by Crippen LogP contribution is 2.23. The smallest absolute Gasteiger partial charge is 0.331 e. The molecule has 1 aliphatic carbocycles. The van der Waals surface area contributed by atoms with E-state index in [0.717, 1.165) is 23.2 Å². The molecule has 1 unspecified atom stereocenters. The van der Waals surface area contributed by atoms with Gasteiger partial charge in [-0.1, -0.05) is 36.4 Å². The third-order valence-electron chi connectivity index (χ3n) is 3.92. The van der Waals surface area contributed by atoms with Gasteiger partial charge in [-0.25, -0.2) is 4.79 Å². The van der Waals surface area contributed by atoms with Crippen LogP contribution in [0.3, 0.4) is 0 Å². The Morgan fingerprint density at radius 2 is 2.18 bits per heavy atom. The summed E-state index contributed by atoms with van der Waals surface area (Å²) in [5, 5.41) is 17.0. The SMILES string of the molecule is Cn1cc(CNC2CC=C(C(=O)O)C2)c(-c2ccccc2)n1. The third-order valence-corrected chi connectivity index (χ3v) is 3.92. The highest BCUT2D eigenvalue weighted by atomic mass is 16.4. The van der Waals surface area contributed by atoms with Crippen molar-refractivity contribution in [3.05, 3.63) is 53.7 Å². The Balaban J connectivity index is 1.68. The summed E-state index contributed by atoms with van der Waals surface area (Å²) in [6, 6.07) is 10.3. The summed E-state index contributed by atoms with van der Waals surface area (Å²) in [5.74, 6) is -0.810. The van der Waals surface area contributed by atoms with Gasteiger partial charge in [-0.15, -0.1) is 0 Å². The van der Waals surface area contributed by atoms with Gasteiger partial charge in [-0.05, 0) is 12.8 Å². The second-order valence-corrected chi connectivity index (χ2v) is 5.59. The maximum Gasteiger partial charge on any atom is 0.331 e. The summed E-state index contributed by atoms with van der Waals surface area (Å²) in [6.45, 7) is 0.684. The molecule has 0 spiro atoms. The van der Waals surface area contributed by atoms with Crippen LogP contribution in [0.15, 0.2) is 48.2 Å². The molecule has 5 heteroatoms. The van der Waals surface area contributed by atoms with Crippen molar-refractivity contribution < 1.29 is 9.90 Å². The van der Waals surface area contributed by atoms with Crippen LogP contribution >= 0.6 is 0 Å². The molecule has 0 radical (unpaired) electrons. The minimum atomic E-state index is -0.810. The Bertz CT molecular complexity index is 704. The third kappa shape index (κ3) is 3.09. The molecular weight excluding hydrogens is 278 g/mol. The lowest BCUT2D eigenvalue weighted by Crippen LogP contribution is -2.26. The maximum atomic E-state index is 11.0. The Morgan fingerprint density at radius 3 is 2.86 bits per heavy atom. The van der Waals surface area contributed by atoms with Gasteiger partial charge in [-0.2, -0.15) is 5.10 Å². The van der Waals surface area contributed by atoms with Crippen molar-refractivity contribution in [2.75, 3.05) is 0 Å². The van der Waals surface area contributed by atoms with E-state index in [1.807, 2.05) is 48.3 Å². The lowest BCUT2D eigenvalue weighted by Gasteiger charge is -2.12. The molecule has 0 bridgehead atoms. The van der Waals surface area contributed by atoms with Crippen molar-refractivity contribution >= 4 is 5.97 Å². The number of carboxylic acid groups (broad SMARTS) is 1. The molecule has 0 saturated carbocycles. The van der Waals surface area contributed by atoms with Crippen molar-refractivity contribution in [2.24, 2.45) is 7.05 Å². The fourth-order valence-electron chi connectivity index (χ4n) is 2.81. The number of carbonyl (C=O) groups is 1. The predicted molar refractivity (Wildman–Crippen MR) is 84.2 cm³/mol. The Morgan fingerprint density at radius 1 is 1.41 bits per heavy atom. The molecule has 2 aromatic rings. The first kappa shape index (κ1) is 14.5. The lowest BCUT2D eigenvalue weighted by molar-refractivity contribution is -0.132. The fourth-order valence-corrected chi connectivity index (χ4v) is 2.81. The van der Waals surface area contributed by atoms with Crippen LogP contribution < -0.4 is 5.32 Å². The molecule has 1 heterocycles. The highest BCUT2D eigenvalue weighted by molar-refractivity contribution is 5.87. The number of rotatable bonds is 5. The molecule has 2 N–H and O–H groups in total. The van der Waals surface area contributed by atoms with Crippen LogP contribution in [-0.4, -0.2) is 26.9 Å². The van der Waals surface area contributed by atoms with E-state index in [2.05, 4.69) is 10.4 Å². The largest absolute Gasteiger partial charge is 0.478 e. The zero-order chi connectivity index (χ0) is 15.5. The first-order valence-corrected chi connectivity index (χ1v) is 7.37. The van der Waals surface area contributed by atoms with Gasteiger partial charge < -0.3 is 10.4 Å². The summed E-state index contributed by atoms with van der Waals surface area (Å²) >= 11 is 0. The monoisotopic (exact) mass is 297 g/mol. The van der Waals surface area contributed by atoms with Gasteiger partial charge in [0.25, 0.3) is 0 Å². The number of benzene rings is 1. The number of hydrogen-bond acceptors (Lipinski definition) is 3.